The topological polar surface area (TPSA) is 92.5 Å². The molecule has 3 aromatic heterocycles. The van der Waals surface area contributed by atoms with Crippen LogP contribution in [0.3, 0.4) is 0 Å². The molecule has 1 fully saturated rings. The highest BCUT2D eigenvalue weighted by Crippen LogP contribution is 2.23. The molecule has 0 aromatic carbocycles. The molecular weight excluding hydrogens is 350 g/mol. The van der Waals surface area contributed by atoms with Gasteiger partial charge < -0.3 is 9.30 Å². The van der Waals surface area contributed by atoms with Gasteiger partial charge in [-0.15, -0.1) is 0 Å². The summed E-state index contributed by atoms with van der Waals surface area (Å²) in [6, 6.07) is 0. The third kappa shape index (κ3) is 2.56. The summed E-state index contributed by atoms with van der Waals surface area (Å²) in [7, 11) is 1.57. The maximum Gasteiger partial charge on any atom is 0.332 e. The summed E-state index contributed by atoms with van der Waals surface area (Å²) < 4.78 is 11.9. The average molecular weight is 373 g/mol. The van der Waals surface area contributed by atoms with E-state index in [1.165, 1.54) is 11.5 Å². The molecule has 0 bridgehead atoms. The minimum Gasteiger partial charge on any atom is -0.376 e. The molecule has 1 aliphatic heterocycles. The van der Waals surface area contributed by atoms with E-state index in [4.69, 9.17) is 4.74 Å². The predicted octanol–water partition coefficient (Wildman–Crippen LogP) is 0.534. The van der Waals surface area contributed by atoms with Crippen molar-refractivity contribution in [3.8, 4) is 0 Å². The molecule has 3 aromatic rings. The van der Waals surface area contributed by atoms with Crippen molar-refractivity contribution in [3.05, 3.63) is 32.2 Å². The number of Topliss-reactive ketones (excluding diaryl/α,β-unsaturated/α-hetero) is 1. The Labute approximate surface area is 154 Å². The van der Waals surface area contributed by atoms with Crippen LogP contribution in [0.5, 0.6) is 0 Å². The molecule has 1 atom stereocenters. The van der Waals surface area contributed by atoms with Crippen molar-refractivity contribution in [2.45, 2.75) is 52.8 Å². The van der Waals surface area contributed by atoms with Gasteiger partial charge in [-0.1, -0.05) is 0 Å². The van der Waals surface area contributed by atoms with Crippen molar-refractivity contribution in [1.82, 2.24) is 23.1 Å². The third-order valence-corrected chi connectivity index (χ3v) is 5.42. The van der Waals surface area contributed by atoms with Gasteiger partial charge in [0, 0.05) is 25.0 Å². The Hall–Kier alpha value is -2.68. The van der Waals surface area contributed by atoms with E-state index in [1.54, 1.807) is 11.4 Å². The maximum atomic E-state index is 13.0. The molecule has 1 saturated heterocycles. The van der Waals surface area contributed by atoms with Gasteiger partial charge in [-0.05, 0) is 33.6 Å². The standard InChI is InChI=1S/C18H23N5O4/c1-10(24)8-22-16(25)14-15(20(4)18(22)26)19-17-21(9-13-6-5-7-27-13)11(2)12(3)23(14)17/h13H,5-9H2,1-4H3/t13-/m1/s1. The number of hydrogen-bond donors (Lipinski definition) is 0. The van der Waals surface area contributed by atoms with Crippen LogP contribution in [-0.4, -0.2) is 41.6 Å². The molecule has 0 radical (unpaired) electrons. The number of nitrogens with zero attached hydrogens (tertiary/aromatic N) is 5. The van der Waals surface area contributed by atoms with Gasteiger partial charge in [0.05, 0.1) is 19.2 Å². The van der Waals surface area contributed by atoms with Crippen molar-refractivity contribution in [3.63, 3.8) is 0 Å². The minimum atomic E-state index is -0.538. The molecule has 0 saturated carbocycles. The Morgan fingerprint density at radius 2 is 1.96 bits per heavy atom. The van der Waals surface area contributed by atoms with E-state index in [9.17, 15) is 14.4 Å². The molecule has 1 aliphatic rings. The largest absolute Gasteiger partial charge is 0.376 e. The number of aryl methyl sites for hydroxylation is 2. The first-order valence-corrected chi connectivity index (χ1v) is 9.10. The molecular formula is C18H23N5O4. The lowest BCUT2D eigenvalue weighted by Gasteiger charge is -2.12. The van der Waals surface area contributed by atoms with Crippen LogP contribution in [0.25, 0.3) is 16.9 Å². The Kier molecular flexibility index (Phi) is 4.06. The molecule has 144 valence electrons. The number of ketones is 1. The van der Waals surface area contributed by atoms with E-state index < -0.39 is 11.2 Å². The maximum absolute atomic E-state index is 13.0. The second kappa shape index (κ2) is 6.19. The average Bonchev–Trinajstić information content (AvgIpc) is 3.31. The van der Waals surface area contributed by atoms with E-state index in [0.717, 1.165) is 35.4 Å². The number of fused-ring (bicyclic) bond motifs is 3. The van der Waals surface area contributed by atoms with E-state index in [2.05, 4.69) is 4.98 Å². The van der Waals surface area contributed by atoms with Crippen LogP contribution in [0.15, 0.2) is 9.59 Å². The predicted molar refractivity (Wildman–Crippen MR) is 99.3 cm³/mol. The highest BCUT2D eigenvalue weighted by Gasteiger charge is 2.25. The Morgan fingerprint density at radius 1 is 1.22 bits per heavy atom. The first kappa shape index (κ1) is 17.7. The van der Waals surface area contributed by atoms with Crippen molar-refractivity contribution in [2.24, 2.45) is 7.05 Å². The SMILES string of the molecule is CC(=O)Cn1c(=O)c2c(nc3n(C[C@H]4CCCO4)c(C)c(C)n23)n(C)c1=O. The van der Waals surface area contributed by atoms with Crippen LogP contribution in [-0.2, 0) is 29.7 Å². The van der Waals surface area contributed by atoms with Crippen LogP contribution in [0.4, 0.5) is 0 Å². The molecule has 0 unspecified atom stereocenters. The number of rotatable bonds is 4. The molecule has 0 amide bonds. The van der Waals surface area contributed by atoms with Crippen LogP contribution in [0.2, 0.25) is 0 Å². The van der Waals surface area contributed by atoms with Crippen molar-refractivity contribution < 1.29 is 9.53 Å². The van der Waals surface area contributed by atoms with Gasteiger partial charge in [-0.2, -0.15) is 4.98 Å². The van der Waals surface area contributed by atoms with Crippen LogP contribution in [0, 0.1) is 13.8 Å². The van der Waals surface area contributed by atoms with Gasteiger partial charge in [0.2, 0.25) is 5.78 Å². The van der Waals surface area contributed by atoms with Crippen LogP contribution >= 0.6 is 0 Å². The second-order valence-electron chi connectivity index (χ2n) is 7.27. The van der Waals surface area contributed by atoms with Crippen molar-refractivity contribution in [2.75, 3.05) is 6.61 Å². The van der Waals surface area contributed by atoms with Crippen molar-refractivity contribution in [1.29, 1.82) is 0 Å². The fourth-order valence-corrected chi connectivity index (χ4v) is 3.89. The lowest BCUT2D eigenvalue weighted by Crippen LogP contribution is -2.40. The van der Waals surface area contributed by atoms with Crippen molar-refractivity contribution >= 4 is 22.7 Å². The third-order valence-electron chi connectivity index (χ3n) is 5.42. The number of carbonyl (C=O) groups excluding carboxylic acids is 1. The van der Waals surface area contributed by atoms with Gasteiger partial charge in [-0.25, -0.2) is 4.79 Å². The Morgan fingerprint density at radius 3 is 2.59 bits per heavy atom. The number of ether oxygens (including phenoxy) is 1. The van der Waals surface area contributed by atoms with E-state index >= 15 is 0 Å². The summed E-state index contributed by atoms with van der Waals surface area (Å²) in [5.74, 6) is 0.362. The van der Waals surface area contributed by atoms with E-state index in [1.807, 2.05) is 18.4 Å². The van der Waals surface area contributed by atoms with Gasteiger partial charge in [0.15, 0.2) is 11.2 Å². The van der Waals surface area contributed by atoms with E-state index in [-0.39, 0.29) is 18.4 Å². The second-order valence-corrected chi connectivity index (χ2v) is 7.27. The lowest BCUT2D eigenvalue weighted by molar-refractivity contribution is -0.117. The smallest absolute Gasteiger partial charge is 0.332 e. The number of carbonyl (C=O) groups is 1. The summed E-state index contributed by atoms with van der Waals surface area (Å²) in [6.07, 6.45) is 2.16. The van der Waals surface area contributed by atoms with Gasteiger partial charge in [-0.3, -0.25) is 23.1 Å². The first-order valence-electron chi connectivity index (χ1n) is 9.10. The molecule has 4 heterocycles. The molecule has 4 rings (SSSR count). The molecule has 0 aliphatic carbocycles. The normalized spacial score (nSPS) is 17.4. The summed E-state index contributed by atoms with van der Waals surface area (Å²) in [4.78, 5) is 41.7. The summed E-state index contributed by atoms with van der Waals surface area (Å²) >= 11 is 0. The Bertz CT molecular complexity index is 1190. The van der Waals surface area contributed by atoms with Gasteiger partial charge >= 0.3 is 5.69 Å². The zero-order valence-electron chi connectivity index (χ0n) is 16.0. The number of aromatic nitrogens is 5. The molecule has 0 spiro atoms. The van der Waals surface area contributed by atoms with E-state index in [0.29, 0.717) is 23.5 Å². The lowest BCUT2D eigenvalue weighted by atomic mass is 10.2. The number of hydrogen-bond acceptors (Lipinski definition) is 5. The fourth-order valence-electron chi connectivity index (χ4n) is 3.89. The Balaban J connectivity index is 2.04. The highest BCUT2D eigenvalue weighted by molar-refractivity contribution is 5.78. The van der Waals surface area contributed by atoms with Crippen LogP contribution < -0.4 is 11.2 Å². The highest BCUT2D eigenvalue weighted by atomic mass is 16.5. The summed E-state index contributed by atoms with van der Waals surface area (Å²) in [6.45, 7) is 6.44. The monoisotopic (exact) mass is 373 g/mol. The van der Waals surface area contributed by atoms with Crippen LogP contribution in [0.1, 0.15) is 31.2 Å². The zero-order valence-corrected chi connectivity index (χ0v) is 16.0. The molecule has 9 nitrogen and oxygen atoms in total. The fraction of sp³-hybridized carbons (Fsp3) is 0.556. The minimum absolute atomic E-state index is 0.123. The molecule has 27 heavy (non-hydrogen) atoms. The first-order chi connectivity index (χ1) is 12.8. The van der Waals surface area contributed by atoms with Gasteiger partial charge in [0.25, 0.3) is 5.56 Å². The quantitative estimate of drug-likeness (QED) is 0.665. The molecule has 9 heteroatoms. The zero-order chi connectivity index (χ0) is 19.5. The summed E-state index contributed by atoms with van der Waals surface area (Å²) in [5.41, 5.74) is 1.50. The summed E-state index contributed by atoms with van der Waals surface area (Å²) in [5, 5.41) is 0. The number of imidazole rings is 2. The molecule has 0 N–H and O–H groups in total. The van der Waals surface area contributed by atoms with Gasteiger partial charge in [0.1, 0.15) is 5.78 Å².